The number of fused-ring (bicyclic) bond motifs is 2. The number of Topliss-reactive ketones (excluding diaryl/α,β-unsaturated/α-hetero) is 1. The lowest BCUT2D eigenvalue weighted by molar-refractivity contribution is -0.119. The number of rotatable bonds is 31. The first kappa shape index (κ1) is 71.3. The molecule has 4 aromatic rings. The Morgan fingerprint density at radius 3 is 1.90 bits per heavy atom. The van der Waals surface area contributed by atoms with Crippen LogP contribution >= 0.6 is 23.2 Å². The van der Waals surface area contributed by atoms with Crippen molar-refractivity contribution in [2.75, 3.05) is 111 Å². The van der Waals surface area contributed by atoms with E-state index in [4.69, 9.17) is 48.7 Å². The fourth-order valence-corrected chi connectivity index (χ4v) is 18.4. The number of nitrogens with zero attached hydrogens (tertiary/aromatic N) is 6. The maximum absolute atomic E-state index is 13.7. The van der Waals surface area contributed by atoms with Crippen molar-refractivity contribution in [3.8, 4) is 17.6 Å². The molecule has 94 heavy (non-hydrogen) atoms. The molecule has 4 aliphatic heterocycles. The minimum Gasteiger partial charge on any atom is -0.484 e. The van der Waals surface area contributed by atoms with Crippen LogP contribution in [0.5, 0.6) is 11.5 Å². The summed E-state index contributed by atoms with van der Waals surface area (Å²) in [4.78, 5) is 38.5. The summed E-state index contributed by atoms with van der Waals surface area (Å²) in [5.41, 5.74) is 4.85. The van der Waals surface area contributed by atoms with Crippen molar-refractivity contribution in [3.63, 3.8) is 0 Å². The van der Waals surface area contributed by atoms with Crippen LogP contribution in [0.25, 0.3) is 4.85 Å². The first-order valence-electron chi connectivity index (χ1n) is 33.8. The lowest BCUT2D eigenvalue weighted by atomic mass is 9.90. The molecule has 0 radical (unpaired) electrons. The van der Waals surface area contributed by atoms with Gasteiger partial charge in [-0.15, -0.1) is 0 Å². The van der Waals surface area contributed by atoms with E-state index in [1.54, 1.807) is 60.7 Å². The summed E-state index contributed by atoms with van der Waals surface area (Å²) in [6.07, 6.45) is 7.16. The molecule has 0 aromatic heterocycles. The molecule has 0 unspecified atom stereocenters. The molecule has 4 saturated heterocycles. The first-order chi connectivity index (χ1) is 45.2. The molecule has 10 atom stereocenters. The monoisotopic (exact) mass is 1370 g/mol. The molecular formula is C70H94Cl2N10O10S2. The number of ether oxygens (including phenoxy) is 4. The van der Waals surface area contributed by atoms with Gasteiger partial charge in [-0.3, -0.25) is 19.5 Å². The third-order valence-electron chi connectivity index (χ3n) is 19.3. The number of hydrogen-bond acceptors (Lipinski definition) is 16. The highest BCUT2D eigenvalue weighted by Crippen LogP contribution is 2.46. The van der Waals surface area contributed by atoms with E-state index < -0.39 is 26.0 Å². The lowest BCUT2D eigenvalue weighted by Crippen LogP contribution is -2.58. The standard InChI is InChI=1S/C70H94Cl2N10O10S2/c1-47-32-48(2)41-81(40-47)67-38-62-64(35-54(72)36-65(62)74-5)69(67)92-57-12-16-59(17-13-57)93(85,86)46-51-20-24-79(44-51)26-31-90-29-23-76-70(84)75-22-8-6-7-10-56(83)11-9-28-89-30-27-80-25-21-55(45-80)78-94(87,88)60-18-14-58(15-19-60)91-68-63-34-53(71)33-52(39-73)61(63)37-66(68)82-42-49(3)77-50(4)43-82/h12-19,33-36,47-51,55,66-69,77-78H,6-11,20-32,37-38,40-46H2,1-4H3,(H2,75,76,84)/t47-,48+,49-,50+,51-,55-,66-,67-,68-,69-/m0/s1. The van der Waals surface area contributed by atoms with E-state index in [1.807, 2.05) is 12.1 Å². The molecule has 0 bridgehead atoms. The van der Waals surface area contributed by atoms with Gasteiger partial charge in [0.15, 0.2) is 15.5 Å². The zero-order valence-electron chi connectivity index (χ0n) is 54.8. The predicted molar refractivity (Wildman–Crippen MR) is 364 cm³/mol. The summed E-state index contributed by atoms with van der Waals surface area (Å²) in [6, 6.07) is 23.0. The number of amides is 2. The van der Waals surface area contributed by atoms with Gasteiger partial charge in [0, 0.05) is 113 Å². The molecule has 2 amide bonds. The van der Waals surface area contributed by atoms with Gasteiger partial charge < -0.3 is 39.8 Å². The maximum Gasteiger partial charge on any atom is 0.314 e. The number of sulfonamides is 1. The molecule has 10 rings (SSSR count). The number of carbonyl (C=O) groups excluding carboxylic acids is 2. The number of nitrogens with one attached hydrogen (secondary N) is 4. The fourth-order valence-electron chi connectivity index (χ4n) is 15.1. The molecular weight excluding hydrogens is 1280 g/mol. The molecule has 24 heteroatoms. The third-order valence-corrected chi connectivity index (χ3v) is 23.2. The van der Waals surface area contributed by atoms with Gasteiger partial charge in [0.1, 0.15) is 29.5 Å². The molecule has 510 valence electrons. The van der Waals surface area contributed by atoms with Crippen molar-refractivity contribution < 1.29 is 45.4 Å². The highest BCUT2D eigenvalue weighted by atomic mass is 35.5. The Hall–Kier alpha value is -5.44. The van der Waals surface area contributed by atoms with Gasteiger partial charge in [0.2, 0.25) is 10.0 Å². The van der Waals surface area contributed by atoms with E-state index >= 15 is 0 Å². The van der Waals surface area contributed by atoms with Crippen LogP contribution in [0.15, 0.2) is 82.6 Å². The molecule has 0 spiro atoms. The van der Waals surface area contributed by atoms with Gasteiger partial charge in [0.25, 0.3) is 0 Å². The van der Waals surface area contributed by atoms with E-state index in [0.717, 1.165) is 87.2 Å². The van der Waals surface area contributed by atoms with Crippen LogP contribution in [-0.4, -0.2) is 189 Å². The van der Waals surface area contributed by atoms with Crippen molar-refractivity contribution in [2.45, 2.75) is 151 Å². The second-order valence-electron chi connectivity index (χ2n) is 27.1. The molecule has 4 aromatic carbocycles. The second-order valence-corrected chi connectivity index (χ2v) is 31.7. The average Bonchev–Trinajstić information content (AvgIpc) is 1.62. The summed E-state index contributed by atoms with van der Waals surface area (Å²) < 4.78 is 82.4. The maximum atomic E-state index is 13.7. The Balaban J connectivity index is 0.529. The number of carbonyl (C=O) groups is 2. The number of nitriles is 1. The van der Waals surface area contributed by atoms with Gasteiger partial charge in [-0.25, -0.2) is 31.2 Å². The second kappa shape index (κ2) is 33.2. The number of halogens is 2. The Bertz CT molecular complexity index is 3310. The van der Waals surface area contributed by atoms with Crippen LogP contribution in [0.1, 0.15) is 126 Å². The summed E-state index contributed by atoms with van der Waals surface area (Å²) in [5.74, 6) is 2.46. The van der Waals surface area contributed by atoms with Crippen molar-refractivity contribution in [1.29, 1.82) is 5.26 Å². The third kappa shape index (κ3) is 19.2. The topological polar surface area (TPSA) is 229 Å². The quantitative estimate of drug-likeness (QED) is 0.0272. The molecule has 6 aliphatic rings. The Morgan fingerprint density at radius 1 is 0.670 bits per heavy atom. The summed E-state index contributed by atoms with van der Waals surface area (Å²) in [5, 5.41) is 20.2. The lowest BCUT2D eigenvalue weighted by Gasteiger charge is -2.41. The van der Waals surface area contributed by atoms with E-state index in [2.05, 4.69) is 78.9 Å². The Morgan fingerprint density at radius 2 is 1.24 bits per heavy atom. The summed E-state index contributed by atoms with van der Waals surface area (Å²) in [7, 11) is -7.35. The van der Waals surface area contributed by atoms with E-state index in [1.165, 1.54) is 6.42 Å². The number of sulfone groups is 1. The van der Waals surface area contributed by atoms with Gasteiger partial charge in [0.05, 0.1) is 65.7 Å². The first-order valence-corrected chi connectivity index (χ1v) is 37.7. The molecule has 4 N–H and O–H groups in total. The van der Waals surface area contributed by atoms with Crippen molar-refractivity contribution in [2.24, 2.45) is 17.8 Å². The molecule has 4 heterocycles. The molecule has 20 nitrogen and oxygen atoms in total. The number of piperidine rings is 1. The highest BCUT2D eigenvalue weighted by molar-refractivity contribution is 7.91. The van der Waals surface area contributed by atoms with Crippen LogP contribution in [0.4, 0.5) is 10.5 Å². The van der Waals surface area contributed by atoms with Crippen LogP contribution in [0.3, 0.4) is 0 Å². The van der Waals surface area contributed by atoms with Crippen molar-refractivity contribution >= 4 is 60.6 Å². The number of benzene rings is 4. The number of likely N-dealkylation sites (tertiary alicyclic amines) is 3. The zero-order chi connectivity index (χ0) is 66.5. The Kier molecular flexibility index (Phi) is 25.2. The van der Waals surface area contributed by atoms with Gasteiger partial charge >= 0.3 is 6.03 Å². The molecule has 4 fully saturated rings. The minimum atomic E-state index is -3.80. The molecule has 0 saturated carbocycles. The zero-order valence-corrected chi connectivity index (χ0v) is 58.0. The SMILES string of the molecule is [C-]#[N+]c1cc(Cl)cc2c1C[C@H](N1C[C@H](C)C[C@H](C)C1)[C@H]2Oc1ccc(S(=O)(=O)C[C@H]2CCN(CCOCCNC(=O)NCCCCCC(=O)CCCOCCN3CC[C@H](NS(=O)(=O)c4ccc(O[C@H]5c6cc(Cl)cc(C#N)c6C[C@@H]5N5C[C@@H](C)N[C@@H](C)C5)cc4)C3)C2)cc1. The minimum absolute atomic E-state index is 0.0000534. The highest BCUT2D eigenvalue weighted by Gasteiger charge is 2.44. The van der Waals surface area contributed by atoms with E-state index in [0.29, 0.717) is 149 Å². The van der Waals surface area contributed by atoms with Crippen LogP contribution < -0.4 is 30.1 Å². The van der Waals surface area contributed by atoms with Crippen LogP contribution in [-0.2, 0) is 47.0 Å². The number of ketones is 1. The average molecular weight is 1370 g/mol. The number of piperazine rings is 1. The smallest absolute Gasteiger partial charge is 0.314 e. The van der Waals surface area contributed by atoms with Crippen LogP contribution in [0, 0.1) is 35.7 Å². The number of urea groups is 1. The number of unbranched alkanes of at least 4 members (excludes halogenated alkanes) is 2. The van der Waals surface area contributed by atoms with Gasteiger partial charge in [-0.1, -0.05) is 43.5 Å². The largest absolute Gasteiger partial charge is 0.484 e. The normalized spacial score (nSPS) is 25.1. The van der Waals surface area contributed by atoms with E-state index in [9.17, 15) is 31.7 Å². The van der Waals surface area contributed by atoms with Gasteiger partial charge in [-0.05, 0) is 191 Å². The Labute approximate surface area is 566 Å². The molecule has 2 aliphatic carbocycles. The van der Waals surface area contributed by atoms with E-state index in [-0.39, 0.29) is 69.6 Å². The summed E-state index contributed by atoms with van der Waals surface area (Å²) >= 11 is 13.0. The van der Waals surface area contributed by atoms with Gasteiger partial charge in [-0.2, -0.15) is 5.26 Å². The van der Waals surface area contributed by atoms with Crippen LogP contribution in [0.2, 0.25) is 10.0 Å². The predicted octanol–water partition coefficient (Wildman–Crippen LogP) is 9.56. The number of hydrogen-bond donors (Lipinski definition) is 4. The fraction of sp³-hybridized carbons (Fsp3) is 0.600. The summed E-state index contributed by atoms with van der Waals surface area (Å²) in [6.45, 7) is 27.0. The van der Waals surface area contributed by atoms with Crippen molar-refractivity contribution in [3.05, 3.63) is 122 Å². The van der Waals surface area contributed by atoms with Crippen molar-refractivity contribution in [1.82, 2.24) is 40.3 Å².